The van der Waals surface area contributed by atoms with E-state index in [1.807, 2.05) is 12.4 Å². The predicted molar refractivity (Wildman–Crippen MR) is 62.2 cm³/mol. The van der Waals surface area contributed by atoms with Crippen molar-refractivity contribution >= 4 is 5.95 Å². The Morgan fingerprint density at radius 2 is 2.40 bits per heavy atom. The molecule has 1 unspecified atom stereocenters. The molecule has 0 fully saturated rings. The van der Waals surface area contributed by atoms with E-state index in [4.69, 9.17) is 4.74 Å². The summed E-state index contributed by atoms with van der Waals surface area (Å²) in [6.07, 6.45) is 6.23. The predicted octanol–water partition coefficient (Wildman–Crippen LogP) is 2.30. The summed E-state index contributed by atoms with van der Waals surface area (Å²) in [6.45, 7) is 5.92. The standard InChI is InChI=1S/C11H21N3O/c1-4-5-10(2)14-8-6-12-11(14)13-7-9-15-3/h6,8,10H,4-5,7,9H2,1-3H3,(H,12,13). The summed E-state index contributed by atoms with van der Waals surface area (Å²) in [5, 5.41) is 3.26. The van der Waals surface area contributed by atoms with Crippen LogP contribution in [0.1, 0.15) is 32.7 Å². The van der Waals surface area contributed by atoms with Crippen LogP contribution in [0.2, 0.25) is 0 Å². The average molecular weight is 211 g/mol. The first-order valence-electron chi connectivity index (χ1n) is 5.55. The number of aromatic nitrogens is 2. The van der Waals surface area contributed by atoms with Crippen LogP contribution in [0.5, 0.6) is 0 Å². The van der Waals surface area contributed by atoms with Crippen LogP contribution in [0.15, 0.2) is 12.4 Å². The lowest BCUT2D eigenvalue weighted by Crippen LogP contribution is -2.14. The van der Waals surface area contributed by atoms with E-state index in [0.29, 0.717) is 12.6 Å². The highest BCUT2D eigenvalue weighted by molar-refractivity contribution is 5.26. The number of imidazole rings is 1. The zero-order valence-electron chi connectivity index (χ0n) is 9.86. The molecule has 1 aromatic heterocycles. The van der Waals surface area contributed by atoms with Crippen LogP contribution in [0, 0.1) is 0 Å². The van der Waals surface area contributed by atoms with Crippen molar-refractivity contribution in [2.45, 2.75) is 32.7 Å². The van der Waals surface area contributed by atoms with E-state index in [1.165, 1.54) is 12.8 Å². The molecule has 15 heavy (non-hydrogen) atoms. The summed E-state index contributed by atoms with van der Waals surface area (Å²) in [5.74, 6) is 0.938. The highest BCUT2D eigenvalue weighted by Crippen LogP contribution is 2.17. The van der Waals surface area contributed by atoms with Crippen molar-refractivity contribution in [3.8, 4) is 0 Å². The van der Waals surface area contributed by atoms with Gasteiger partial charge in [-0.05, 0) is 13.3 Å². The molecule has 1 atom stereocenters. The quantitative estimate of drug-likeness (QED) is 0.703. The average Bonchev–Trinajstić information content (AvgIpc) is 2.67. The minimum atomic E-state index is 0.502. The number of methoxy groups -OCH3 is 1. The molecule has 0 aliphatic heterocycles. The SMILES string of the molecule is CCCC(C)n1ccnc1NCCOC. The van der Waals surface area contributed by atoms with Gasteiger partial charge in [0.2, 0.25) is 5.95 Å². The molecule has 0 radical (unpaired) electrons. The molecule has 4 heteroatoms. The van der Waals surface area contributed by atoms with Crippen molar-refractivity contribution in [1.82, 2.24) is 9.55 Å². The Labute approximate surface area is 91.7 Å². The fraction of sp³-hybridized carbons (Fsp3) is 0.727. The molecule has 0 saturated heterocycles. The van der Waals surface area contributed by atoms with Crippen LogP contribution < -0.4 is 5.32 Å². The third-order valence-corrected chi connectivity index (χ3v) is 2.44. The molecular formula is C11H21N3O. The monoisotopic (exact) mass is 211 g/mol. The fourth-order valence-corrected chi connectivity index (χ4v) is 1.63. The van der Waals surface area contributed by atoms with Crippen LogP contribution in [0.25, 0.3) is 0 Å². The second kappa shape index (κ2) is 6.45. The van der Waals surface area contributed by atoms with Crippen molar-refractivity contribution in [3.63, 3.8) is 0 Å². The van der Waals surface area contributed by atoms with Crippen LogP contribution >= 0.6 is 0 Å². The number of ether oxygens (including phenoxy) is 1. The van der Waals surface area contributed by atoms with Gasteiger partial charge in [0.05, 0.1) is 6.61 Å². The molecule has 1 rings (SSSR count). The Balaban J connectivity index is 2.52. The van der Waals surface area contributed by atoms with E-state index in [2.05, 4.69) is 28.7 Å². The van der Waals surface area contributed by atoms with Gasteiger partial charge >= 0.3 is 0 Å². The molecule has 0 amide bonds. The Morgan fingerprint density at radius 3 is 3.07 bits per heavy atom. The highest BCUT2D eigenvalue weighted by atomic mass is 16.5. The van der Waals surface area contributed by atoms with Gasteiger partial charge in [0.1, 0.15) is 0 Å². The Morgan fingerprint density at radius 1 is 1.60 bits per heavy atom. The summed E-state index contributed by atoms with van der Waals surface area (Å²) in [7, 11) is 1.70. The number of hydrogen-bond donors (Lipinski definition) is 1. The molecule has 0 bridgehead atoms. The van der Waals surface area contributed by atoms with Gasteiger partial charge in [-0.25, -0.2) is 4.98 Å². The van der Waals surface area contributed by atoms with E-state index in [9.17, 15) is 0 Å². The van der Waals surface area contributed by atoms with Crippen LogP contribution in [-0.2, 0) is 4.74 Å². The van der Waals surface area contributed by atoms with Gasteiger partial charge in [0, 0.05) is 32.1 Å². The first kappa shape index (κ1) is 12.0. The second-order valence-electron chi connectivity index (χ2n) is 3.72. The van der Waals surface area contributed by atoms with Crippen LogP contribution in [0.4, 0.5) is 5.95 Å². The lowest BCUT2D eigenvalue weighted by Gasteiger charge is -2.16. The minimum absolute atomic E-state index is 0.502. The maximum atomic E-state index is 4.99. The number of rotatable bonds is 7. The van der Waals surface area contributed by atoms with Crippen molar-refractivity contribution in [2.24, 2.45) is 0 Å². The summed E-state index contributed by atoms with van der Waals surface area (Å²) in [6, 6.07) is 0.502. The topological polar surface area (TPSA) is 39.1 Å². The summed E-state index contributed by atoms with van der Waals surface area (Å²) >= 11 is 0. The molecule has 0 aliphatic carbocycles. The second-order valence-corrected chi connectivity index (χ2v) is 3.72. The molecule has 86 valence electrons. The van der Waals surface area contributed by atoms with Crippen molar-refractivity contribution < 1.29 is 4.74 Å². The molecule has 1 heterocycles. The number of nitrogens with one attached hydrogen (secondary N) is 1. The van der Waals surface area contributed by atoms with E-state index >= 15 is 0 Å². The van der Waals surface area contributed by atoms with E-state index < -0.39 is 0 Å². The third kappa shape index (κ3) is 3.55. The minimum Gasteiger partial charge on any atom is -0.383 e. The van der Waals surface area contributed by atoms with E-state index in [0.717, 1.165) is 12.5 Å². The van der Waals surface area contributed by atoms with Gasteiger partial charge in [-0.1, -0.05) is 13.3 Å². The Kier molecular flexibility index (Phi) is 5.18. The van der Waals surface area contributed by atoms with Crippen LogP contribution in [-0.4, -0.2) is 29.8 Å². The Hall–Kier alpha value is -1.03. The van der Waals surface area contributed by atoms with Gasteiger partial charge in [-0.3, -0.25) is 0 Å². The number of anilines is 1. The molecule has 0 aliphatic rings. The molecule has 0 aromatic carbocycles. The highest BCUT2D eigenvalue weighted by Gasteiger charge is 2.07. The zero-order chi connectivity index (χ0) is 11.1. The normalized spacial score (nSPS) is 12.7. The molecule has 1 aromatic rings. The van der Waals surface area contributed by atoms with Crippen molar-refractivity contribution in [3.05, 3.63) is 12.4 Å². The number of nitrogens with zero attached hydrogens (tertiary/aromatic N) is 2. The summed E-state index contributed by atoms with van der Waals surface area (Å²) in [4.78, 5) is 4.29. The maximum Gasteiger partial charge on any atom is 0.203 e. The smallest absolute Gasteiger partial charge is 0.203 e. The lowest BCUT2D eigenvalue weighted by atomic mass is 10.2. The van der Waals surface area contributed by atoms with Crippen molar-refractivity contribution in [1.29, 1.82) is 0 Å². The van der Waals surface area contributed by atoms with Crippen LogP contribution in [0.3, 0.4) is 0 Å². The maximum absolute atomic E-state index is 4.99. The first-order chi connectivity index (χ1) is 7.29. The number of hydrogen-bond acceptors (Lipinski definition) is 3. The molecule has 0 spiro atoms. The van der Waals surface area contributed by atoms with Gasteiger partial charge in [-0.2, -0.15) is 0 Å². The van der Waals surface area contributed by atoms with Gasteiger partial charge < -0.3 is 14.6 Å². The lowest BCUT2D eigenvalue weighted by molar-refractivity contribution is 0.210. The van der Waals surface area contributed by atoms with Gasteiger partial charge in [0.25, 0.3) is 0 Å². The summed E-state index contributed by atoms with van der Waals surface area (Å²) in [5.41, 5.74) is 0. The van der Waals surface area contributed by atoms with E-state index in [-0.39, 0.29) is 0 Å². The fourth-order valence-electron chi connectivity index (χ4n) is 1.63. The third-order valence-electron chi connectivity index (χ3n) is 2.44. The van der Waals surface area contributed by atoms with Gasteiger partial charge in [0.15, 0.2) is 0 Å². The molecule has 1 N–H and O–H groups in total. The van der Waals surface area contributed by atoms with Gasteiger partial charge in [-0.15, -0.1) is 0 Å². The molecule has 0 saturated carbocycles. The van der Waals surface area contributed by atoms with E-state index in [1.54, 1.807) is 7.11 Å². The summed E-state index contributed by atoms with van der Waals surface area (Å²) < 4.78 is 7.17. The Bertz CT molecular complexity index is 273. The molecular weight excluding hydrogens is 190 g/mol. The zero-order valence-corrected chi connectivity index (χ0v) is 9.86. The largest absolute Gasteiger partial charge is 0.383 e. The first-order valence-corrected chi connectivity index (χ1v) is 5.55. The molecule has 4 nitrogen and oxygen atoms in total. The van der Waals surface area contributed by atoms with Crippen molar-refractivity contribution in [2.75, 3.05) is 25.6 Å².